The van der Waals surface area contributed by atoms with Gasteiger partial charge in [0.25, 0.3) is 0 Å². The first-order valence-electron chi connectivity index (χ1n) is 5.22. The van der Waals surface area contributed by atoms with Crippen molar-refractivity contribution in [1.29, 1.82) is 0 Å². The molecule has 0 aromatic carbocycles. The van der Waals surface area contributed by atoms with E-state index in [4.69, 9.17) is 5.73 Å². The number of halogens is 1. The molecule has 1 unspecified atom stereocenters. The Labute approximate surface area is 104 Å². The van der Waals surface area contributed by atoms with Crippen LogP contribution in [0.2, 0.25) is 0 Å². The van der Waals surface area contributed by atoms with E-state index in [1.165, 1.54) is 0 Å². The van der Waals surface area contributed by atoms with Crippen LogP contribution in [0.1, 0.15) is 19.0 Å². The molecule has 4 nitrogen and oxygen atoms in total. The molecule has 0 fully saturated rings. The Bertz CT molecular complexity index is 377. The van der Waals surface area contributed by atoms with Crippen molar-refractivity contribution in [1.82, 2.24) is 4.98 Å². The molecule has 0 spiro atoms. The Morgan fingerprint density at radius 1 is 1.62 bits per heavy atom. The van der Waals surface area contributed by atoms with Crippen LogP contribution in [0.25, 0.3) is 0 Å². The summed E-state index contributed by atoms with van der Waals surface area (Å²) in [5.41, 5.74) is 7.04. The molecule has 0 aliphatic rings. The number of nitrogens with two attached hydrogens (primary N) is 1. The molecule has 88 valence electrons. The summed E-state index contributed by atoms with van der Waals surface area (Å²) < 4.78 is 0.758. The molecule has 0 aliphatic carbocycles. The van der Waals surface area contributed by atoms with Gasteiger partial charge in [-0.05, 0) is 41.4 Å². The summed E-state index contributed by atoms with van der Waals surface area (Å²) in [5.74, 6) is -0.180. The first kappa shape index (κ1) is 13.1. The monoisotopic (exact) mass is 285 g/mol. The predicted molar refractivity (Wildman–Crippen MR) is 68.1 cm³/mol. The Morgan fingerprint density at radius 2 is 2.31 bits per heavy atom. The minimum atomic E-state index is -0.136. The zero-order chi connectivity index (χ0) is 12.1. The Morgan fingerprint density at radius 3 is 2.81 bits per heavy atom. The smallest absolute Gasteiger partial charge is 0.228 e. The van der Waals surface area contributed by atoms with Crippen molar-refractivity contribution in [2.24, 2.45) is 11.7 Å². The van der Waals surface area contributed by atoms with Crippen molar-refractivity contribution in [2.75, 3.05) is 11.9 Å². The number of carbonyl (C=O) groups excluding carboxylic acids is 1. The molecule has 1 aromatic heterocycles. The molecule has 0 saturated heterocycles. The third-order valence-corrected chi connectivity index (χ3v) is 2.90. The van der Waals surface area contributed by atoms with Gasteiger partial charge in [0.05, 0.1) is 17.3 Å². The first-order chi connectivity index (χ1) is 7.58. The lowest BCUT2D eigenvalue weighted by Gasteiger charge is -2.13. The number of aryl methyl sites for hydroxylation is 1. The lowest BCUT2D eigenvalue weighted by molar-refractivity contribution is -0.119. The van der Waals surface area contributed by atoms with Crippen LogP contribution >= 0.6 is 15.9 Å². The summed E-state index contributed by atoms with van der Waals surface area (Å²) >= 11 is 3.27. The van der Waals surface area contributed by atoms with E-state index in [0.29, 0.717) is 6.54 Å². The van der Waals surface area contributed by atoms with Crippen LogP contribution < -0.4 is 11.1 Å². The Balaban J connectivity index is 2.76. The van der Waals surface area contributed by atoms with Gasteiger partial charge in [-0.25, -0.2) is 4.98 Å². The number of pyridine rings is 1. The average Bonchev–Trinajstić information content (AvgIpc) is 2.24. The zero-order valence-corrected chi connectivity index (χ0v) is 11.0. The van der Waals surface area contributed by atoms with Gasteiger partial charge < -0.3 is 11.1 Å². The number of hydrogen-bond donors (Lipinski definition) is 2. The van der Waals surface area contributed by atoms with Crippen LogP contribution in [0, 0.1) is 12.8 Å². The summed E-state index contributed by atoms with van der Waals surface area (Å²) in [5, 5.41) is 2.84. The summed E-state index contributed by atoms with van der Waals surface area (Å²) in [6, 6.07) is 3.62. The van der Waals surface area contributed by atoms with Crippen LogP contribution in [0.3, 0.4) is 0 Å². The molecule has 3 N–H and O–H groups in total. The number of anilines is 1. The quantitative estimate of drug-likeness (QED) is 0.833. The molecule has 5 heteroatoms. The molecule has 1 rings (SSSR count). The second-order valence-corrected chi connectivity index (χ2v) is 4.41. The number of carbonyl (C=O) groups is 1. The van der Waals surface area contributed by atoms with Crippen LogP contribution in [-0.2, 0) is 4.79 Å². The summed E-state index contributed by atoms with van der Waals surface area (Å²) in [7, 11) is 0. The van der Waals surface area contributed by atoms with E-state index in [0.717, 1.165) is 22.4 Å². The van der Waals surface area contributed by atoms with Gasteiger partial charge in [0.1, 0.15) is 4.60 Å². The van der Waals surface area contributed by atoms with E-state index >= 15 is 0 Å². The van der Waals surface area contributed by atoms with E-state index in [2.05, 4.69) is 26.2 Å². The third-order valence-electron chi connectivity index (χ3n) is 2.46. The highest BCUT2D eigenvalue weighted by atomic mass is 79.9. The number of amides is 1. The van der Waals surface area contributed by atoms with Crippen LogP contribution in [0.5, 0.6) is 0 Å². The maximum absolute atomic E-state index is 11.8. The van der Waals surface area contributed by atoms with E-state index in [-0.39, 0.29) is 11.8 Å². The van der Waals surface area contributed by atoms with Crippen molar-refractivity contribution < 1.29 is 4.79 Å². The van der Waals surface area contributed by atoms with Gasteiger partial charge in [0.2, 0.25) is 5.91 Å². The second-order valence-electron chi connectivity index (χ2n) is 3.60. The molecular formula is C11H16BrN3O. The molecule has 0 bridgehead atoms. The molecule has 1 amide bonds. The molecular weight excluding hydrogens is 270 g/mol. The van der Waals surface area contributed by atoms with Gasteiger partial charge in [-0.2, -0.15) is 0 Å². The lowest BCUT2D eigenvalue weighted by Crippen LogP contribution is -2.28. The van der Waals surface area contributed by atoms with E-state index in [9.17, 15) is 4.79 Å². The summed E-state index contributed by atoms with van der Waals surface area (Å²) in [6.07, 6.45) is 0.741. The van der Waals surface area contributed by atoms with Crippen molar-refractivity contribution in [2.45, 2.75) is 20.3 Å². The fraction of sp³-hybridized carbons (Fsp3) is 0.455. The molecule has 0 radical (unpaired) electrons. The molecule has 0 saturated carbocycles. The Hall–Kier alpha value is -0.940. The van der Waals surface area contributed by atoms with Gasteiger partial charge in [-0.3, -0.25) is 4.79 Å². The van der Waals surface area contributed by atoms with Crippen LogP contribution in [-0.4, -0.2) is 17.4 Å². The summed E-state index contributed by atoms with van der Waals surface area (Å²) in [6.45, 7) is 4.17. The molecule has 0 aliphatic heterocycles. The highest BCUT2D eigenvalue weighted by Gasteiger charge is 2.15. The number of hydrogen-bond acceptors (Lipinski definition) is 3. The first-order valence-corrected chi connectivity index (χ1v) is 6.01. The minimum Gasteiger partial charge on any atom is -0.330 e. The van der Waals surface area contributed by atoms with Crippen molar-refractivity contribution in [3.63, 3.8) is 0 Å². The largest absolute Gasteiger partial charge is 0.330 e. The van der Waals surface area contributed by atoms with E-state index in [1.54, 1.807) is 6.07 Å². The van der Waals surface area contributed by atoms with Crippen molar-refractivity contribution in [3.05, 3.63) is 22.4 Å². The fourth-order valence-electron chi connectivity index (χ4n) is 1.36. The van der Waals surface area contributed by atoms with E-state index < -0.39 is 0 Å². The molecule has 1 atom stereocenters. The average molecular weight is 286 g/mol. The molecule has 16 heavy (non-hydrogen) atoms. The van der Waals surface area contributed by atoms with Crippen molar-refractivity contribution in [3.8, 4) is 0 Å². The zero-order valence-electron chi connectivity index (χ0n) is 9.46. The number of nitrogens with one attached hydrogen (secondary N) is 1. The lowest BCUT2D eigenvalue weighted by atomic mass is 10.1. The maximum Gasteiger partial charge on any atom is 0.228 e. The van der Waals surface area contributed by atoms with Crippen LogP contribution in [0.15, 0.2) is 16.7 Å². The second kappa shape index (κ2) is 5.96. The summed E-state index contributed by atoms with van der Waals surface area (Å²) in [4.78, 5) is 16.0. The van der Waals surface area contributed by atoms with E-state index in [1.807, 2.05) is 19.9 Å². The van der Waals surface area contributed by atoms with Gasteiger partial charge in [-0.15, -0.1) is 0 Å². The van der Waals surface area contributed by atoms with Gasteiger partial charge >= 0.3 is 0 Å². The van der Waals surface area contributed by atoms with Gasteiger partial charge in [-0.1, -0.05) is 6.92 Å². The maximum atomic E-state index is 11.8. The number of nitrogens with zero attached hydrogens (tertiary/aromatic N) is 1. The van der Waals surface area contributed by atoms with Gasteiger partial charge in [0.15, 0.2) is 0 Å². The Kier molecular flexibility index (Phi) is 4.89. The SMILES string of the molecule is CCC(CN)C(=O)Nc1ccc(Br)nc1C. The fourth-order valence-corrected chi connectivity index (χ4v) is 1.75. The minimum absolute atomic E-state index is 0.0442. The van der Waals surface area contributed by atoms with Gasteiger partial charge in [0, 0.05) is 6.54 Å². The highest BCUT2D eigenvalue weighted by molar-refractivity contribution is 9.10. The predicted octanol–water partition coefficient (Wildman–Crippen LogP) is 2.08. The van der Waals surface area contributed by atoms with Crippen LogP contribution in [0.4, 0.5) is 5.69 Å². The standard InChI is InChI=1S/C11H16BrN3O/c1-3-8(6-13)11(16)15-9-4-5-10(12)14-7(9)2/h4-5,8H,3,6,13H2,1-2H3,(H,15,16). The highest BCUT2D eigenvalue weighted by Crippen LogP contribution is 2.17. The molecule has 1 heterocycles. The number of rotatable bonds is 4. The third kappa shape index (κ3) is 3.28. The molecule has 1 aromatic rings. The topological polar surface area (TPSA) is 68.0 Å². The normalized spacial score (nSPS) is 12.2. The van der Waals surface area contributed by atoms with Crippen molar-refractivity contribution >= 4 is 27.5 Å². The number of aromatic nitrogens is 1.